The number of nitrogens with zero attached hydrogens (tertiary/aromatic N) is 2. The molecule has 1 atom stereocenters. The van der Waals surface area contributed by atoms with E-state index in [1.807, 2.05) is 36.9 Å². The number of aryl methyl sites for hydroxylation is 2. The molecule has 1 N–H and O–H groups in total. The number of thioether (sulfide) groups is 1. The Labute approximate surface area is 178 Å². The first-order valence-corrected chi connectivity index (χ1v) is 11.2. The van der Waals surface area contributed by atoms with Gasteiger partial charge in [0.1, 0.15) is 11.3 Å². The van der Waals surface area contributed by atoms with Gasteiger partial charge >= 0.3 is 5.63 Å². The zero-order valence-corrected chi connectivity index (χ0v) is 18.4. The lowest BCUT2D eigenvalue weighted by Crippen LogP contribution is -2.36. The lowest BCUT2D eigenvalue weighted by atomic mass is 10.0. The lowest BCUT2D eigenvalue weighted by molar-refractivity contribution is -0.127. The van der Waals surface area contributed by atoms with Crippen molar-refractivity contribution in [2.24, 2.45) is 7.05 Å². The van der Waals surface area contributed by atoms with E-state index in [2.05, 4.69) is 10.3 Å². The quantitative estimate of drug-likeness (QED) is 0.480. The highest BCUT2D eigenvalue weighted by Gasteiger charge is 2.23. The Morgan fingerprint density at radius 2 is 2.13 bits per heavy atom. The van der Waals surface area contributed by atoms with Crippen LogP contribution in [0, 0.1) is 6.92 Å². The van der Waals surface area contributed by atoms with Crippen LogP contribution in [0.4, 0.5) is 0 Å². The summed E-state index contributed by atoms with van der Waals surface area (Å²) in [5, 5.41) is 4.74. The van der Waals surface area contributed by atoms with E-state index in [0.29, 0.717) is 17.9 Å². The standard InChI is InChI=1S/C22H25N3O4S/c1-12-18(9-8-16-15-6-5-7-17(15)21(27)29-19(12)16)28-13(2)20(26)23-10-14-11-24-22(30-4)25(14)3/h8-9,11,13H,5-7,10H2,1-4H3,(H,23,26). The second-order valence-electron chi connectivity index (χ2n) is 7.54. The highest BCUT2D eigenvalue weighted by molar-refractivity contribution is 7.98. The van der Waals surface area contributed by atoms with Crippen molar-refractivity contribution in [3.63, 3.8) is 0 Å². The molecule has 1 aromatic carbocycles. The van der Waals surface area contributed by atoms with Crippen molar-refractivity contribution < 1.29 is 13.9 Å². The summed E-state index contributed by atoms with van der Waals surface area (Å²) in [6, 6.07) is 3.78. The number of aromatic nitrogens is 2. The Kier molecular flexibility index (Phi) is 5.60. The van der Waals surface area contributed by atoms with Crippen molar-refractivity contribution in [3.05, 3.63) is 51.1 Å². The highest BCUT2D eigenvalue weighted by Crippen LogP contribution is 2.33. The minimum Gasteiger partial charge on any atom is -0.480 e. The van der Waals surface area contributed by atoms with Gasteiger partial charge in [0.05, 0.1) is 18.4 Å². The molecule has 30 heavy (non-hydrogen) atoms. The predicted octanol–water partition coefficient (Wildman–Crippen LogP) is 3.13. The lowest BCUT2D eigenvalue weighted by Gasteiger charge is -2.17. The number of rotatable bonds is 6. The summed E-state index contributed by atoms with van der Waals surface area (Å²) in [7, 11) is 1.92. The minimum atomic E-state index is -0.699. The number of benzene rings is 1. The molecule has 1 unspecified atom stereocenters. The summed E-state index contributed by atoms with van der Waals surface area (Å²) in [4.78, 5) is 29.2. The molecule has 0 aliphatic heterocycles. The van der Waals surface area contributed by atoms with E-state index in [0.717, 1.165) is 52.2 Å². The Hall–Kier alpha value is -2.74. The van der Waals surface area contributed by atoms with Crippen LogP contribution in [0.1, 0.15) is 35.7 Å². The van der Waals surface area contributed by atoms with Gasteiger partial charge in [0.15, 0.2) is 11.3 Å². The van der Waals surface area contributed by atoms with Gasteiger partial charge in [-0.1, -0.05) is 11.8 Å². The number of fused-ring (bicyclic) bond motifs is 3. The smallest absolute Gasteiger partial charge is 0.339 e. The fourth-order valence-electron chi connectivity index (χ4n) is 3.94. The van der Waals surface area contributed by atoms with Crippen LogP contribution in [0.3, 0.4) is 0 Å². The van der Waals surface area contributed by atoms with Crippen molar-refractivity contribution in [1.82, 2.24) is 14.9 Å². The van der Waals surface area contributed by atoms with Gasteiger partial charge in [0, 0.05) is 23.6 Å². The molecular weight excluding hydrogens is 402 g/mol. The van der Waals surface area contributed by atoms with Crippen LogP contribution in [-0.2, 0) is 31.2 Å². The average Bonchev–Trinajstić information content (AvgIpc) is 3.36. The van der Waals surface area contributed by atoms with Crippen LogP contribution < -0.4 is 15.7 Å². The third-order valence-electron chi connectivity index (χ3n) is 5.68. The fraction of sp³-hybridized carbons (Fsp3) is 0.409. The molecule has 4 rings (SSSR count). The number of nitrogens with one attached hydrogen (secondary N) is 1. The minimum absolute atomic E-state index is 0.225. The number of carbonyl (C=O) groups excluding carboxylic acids is 1. The number of hydrogen-bond donors (Lipinski definition) is 1. The molecule has 0 spiro atoms. The van der Waals surface area contributed by atoms with Gasteiger partial charge in [0.25, 0.3) is 5.91 Å². The number of ether oxygens (including phenoxy) is 1. The summed E-state index contributed by atoms with van der Waals surface area (Å²) in [5.41, 5.74) is 3.81. The molecule has 3 aromatic rings. The molecule has 0 saturated heterocycles. The highest BCUT2D eigenvalue weighted by atomic mass is 32.2. The molecular formula is C22H25N3O4S. The van der Waals surface area contributed by atoms with E-state index in [1.165, 1.54) is 0 Å². The largest absolute Gasteiger partial charge is 0.480 e. The summed E-state index contributed by atoms with van der Waals surface area (Å²) in [6.07, 6.45) is 5.66. The number of amides is 1. The van der Waals surface area contributed by atoms with E-state index in [-0.39, 0.29) is 11.5 Å². The number of hydrogen-bond acceptors (Lipinski definition) is 6. The Morgan fingerprint density at radius 1 is 1.37 bits per heavy atom. The summed E-state index contributed by atoms with van der Waals surface area (Å²) < 4.78 is 13.5. The SMILES string of the molecule is CSc1ncc(CNC(=O)C(C)Oc2ccc3c4c(c(=O)oc3c2C)CCC4)n1C. The average molecular weight is 428 g/mol. The molecule has 158 valence electrons. The first-order valence-electron chi connectivity index (χ1n) is 9.97. The third-order valence-corrected chi connectivity index (χ3v) is 6.43. The Bertz CT molecular complexity index is 1180. The monoisotopic (exact) mass is 427 g/mol. The molecule has 8 heteroatoms. The second-order valence-corrected chi connectivity index (χ2v) is 8.31. The van der Waals surface area contributed by atoms with Gasteiger partial charge in [0.2, 0.25) is 0 Å². The van der Waals surface area contributed by atoms with Crippen LogP contribution in [0.5, 0.6) is 5.75 Å². The molecule has 2 heterocycles. The van der Waals surface area contributed by atoms with Gasteiger partial charge in [-0.05, 0) is 57.1 Å². The fourth-order valence-corrected chi connectivity index (χ4v) is 4.49. The number of carbonyl (C=O) groups is 1. The first kappa shape index (κ1) is 20.5. The maximum absolute atomic E-state index is 12.5. The van der Waals surface area contributed by atoms with Gasteiger partial charge in [-0.3, -0.25) is 4.79 Å². The van der Waals surface area contributed by atoms with E-state index in [1.54, 1.807) is 24.9 Å². The molecule has 1 aliphatic rings. The zero-order chi connectivity index (χ0) is 21.4. The van der Waals surface area contributed by atoms with Crippen LogP contribution in [0.15, 0.2) is 32.7 Å². The van der Waals surface area contributed by atoms with Crippen molar-refractivity contribution in [3.8, 4) is 5.75 Å². The second kappa shape index (κ2) is 8.18. The van der Waals surface area contributed by atoms with Crippen molar-refractivity contribution >= 4 is 28.6 Å². The summed E-state index contributed by atoms with van der Waals surface area (Å²) >= 11 is 1.55. The third kappa shape index (κ3) is 3.60. The van der Waals surface area contributed by atoms with E-state index in [4.69, 9.17) is 9.15 Å². The van der Waals surface area contributed by atoms with Crippen LogP contribution in [-0.4, -0.2) is 27.8 Å². The van der Waals surface area contributed by atoms with Crippen LogP contribution >= 0.6 is 11.8 Å². The van der Waals surface area contributed by atoms with E-state index < -0.39 is 6.10 Å². The number of imidazole rings is 1. The predicted molar refractivity (Wildman–Crippen MR) is 116 cm³/mol. The van der Waals surface area contributed by atoms with Gasteiger partial charge < -0.3 is 19.0 Å². The molecule has 0 bridgehead atoms. The summed E-state index contributed by atoms with van der Waals surface area (Å²) in [6.45, 7) is 3.93. The Morgan fingerprint density at radius 3 is 2.87 bits per heavy atom. The zero-order valence-electron chi connectivity index (χ0n) is 17.6. The maximum Gasteiger partial charge on any atom is 0.339 e. The van der Waals surface area contributed by atoms with Gasteiger partial charge in [-0.15, -0.1) is 0 Å². The van der Waals surface area contributed by atoms with Crippen LogP contribution in [0.2, 0.25) is 0 Å². The van der Waals surface area contributed by atoms with Crippen LogP contribution in [0.25, 0.3) is 11.0 Å². The first-order chi connectivity index (χ1) is 14.4. The summed E-state index contributed by atoms with van der Waals surface area (Å²) in [5.74, 6) is 0.313. The molecule has 1 amide bonds. The molecule has 0 saturated carbocycles. The van der Waals surface area contributed by atoms with E-state index >= 15 is 0 Å². The topological polar surface area (TPSA) is 86.4 Å². The van der Waals surface area contributed by atoms with Crippen molar-refractivity contribution in [1.29, 1.82) is 0 Å². The molecule has 7 nitrogen and oxygen atoms in total. The van der Waals surface area contributed by atoms with Crippen molar-refractivity contribution in [2.75, 3.05) is 6.26 Å². The maximum atomic E-state index is 12.5. The molecule has 1 aliphatic carbocycles. The molecule has 2 aromatic heterocycles. The van der Waals surface area contributed by atoms with Gasteiger partial charge in [-0.2, -0.15) is 0 Å². The normalized spacial score (nSPS) is 14.0. The molecule has 0 radical (unpaired) electrons. The molecule has 0 fully saturated rings. The van der Waals surface area contributed by atoms with Gasteiger partial charge in [-0.25, -0.2) is 9.78 Å². The van der Waals surface area contributed by atoms with E-state index in [9.17, 15) is 9.59 Å². The Balaban J connectivity index is 1.50. The van der Waals surface area contributed by atoms with Crippen molar-refractivity contribution in [2.45, 2.75) is 50.9 Å².